The van der Waals surface area contributed by atoms with Crippen LogP contribution >= 0.6 is 0 Å². The number of nitriles is 1. The van der Waals surface area contributed by atoms with E-state index in [2.05, 4.69) is 16.8 Å². The van der Waals surface area contributed by atoms with E-state index in [1.165, 1.54) is 6.07 Å². The molecule has 5 aliphatic rings. The van der Waals surface area contributed by atoms with Gasteiger partial charge in [0.1, 0.15) is 0 Å². The Morgan fingerprint density at radius 2 is 2.05 bits per heavy atom. The minimum absolute atomic E-state index is 0.00574. The van der Waals surface area contributed by atoms with Crippen molar-refractivity contribution in [2.24, 2.45) is 11.3 Å². The molecule has 1 aromatic rings. The highest BCUT2D eigenvalue weighted by Crippen LogP contribution is 2.57. The largest absolute Gasteiger partial charge is 0.417 e. The Morgan fingerprint density at radius 1 is 1.23 bits per heavy atom. The number of ether oxygens (including phenoxy) is 2. The van der Waals surface area contributed by atoms with Gasteiger partial charge in [-0.15, -0.1) is 0 Å². The smallest absolute Gasteiger partial charge is 0.379 e. The van der Waals surface area contributed by atoms with Crippen LogP contribution in [0.1, 0.15) is 56.1 Å². The molecule has 3 aliphatic heterocycles. The minimum Gasteiger partial charge on any atom is -0.379 e. The van der Waals surface area contributed by atoms with Crippen LogP contribution in [0.3, 0.4) is 0 Å². The van der Waals surface area contributed by atoms with Gasteiger partial charge in [-0.3, -0.25) is 9.69 Å². The molecule has 1 amide bonds. The predicted molar refractivity (Wildman–Crippen MR) is 138 cm³/mol. The maximum atomic E-state index is 14.3. The fourth-order valence-electron chi connectivity index (χ4n) is 8.49. The monoisotopic (exact) mass is 546 g/mol. The molecule has 0 aromatic heterocycles. The molecule has 3 saturated heterocycles. The van der Waals surface area contributed by atoms with E-state index in [1.54, 1.807) is 19.2 Å². The fraction of sp³-hybridized carbons (Fsp3) is 0.724. The van der Waals surface area contributed by atoms with E-state index in [0.29, 0.717) is 37.3 Å². The lowest BCUT2D eigenvalue weighted by molar-refractivity contribution is -0.145. The van der Waals surface area contributed by atoms with Gasteiger partial charge in [-0.05, 0) is 69.7 Å². The third-order valence-corrected chi connectivity index (χ3v) is 10.5. The lowest BCUT2D eigenvalue weighted by Gasteiger charge is -2.42. The second-order valence-electron chi connectivity index (χ2n) is 12.2. The first-order chi connectivity index (χ1) is 18.7. The third kappa shape index (κ3) is 4.41. The summed E-state index contributed by atoms with van der Waals surface area (Å²) in [5.74, 6) is 0.639. The lowest BCUT2D eigenvalue weighted by Crippen LogP contribution is -2.54. The first-order valence-corrected chi connectivity index (χ1v) is 14.2. The van der Waals surface area contributed by atoms with Crippen molar-refractivity contribution in [3.8, 4) is 6.07 Å². The number of fused-ring (bicyclic) bond motifs is 3. The van der Waals surface area contributed by atoms with Gasteiger partial charge >= 0.3 is 6.18 Å². The van der Waals surface area contributed by atoms with E-state index in [9.17, 15) is 18.0 Å². The van der Waals surface area contributed by atoms with Crippen LogP contribution in [-0.2, 0) is 20.4 Å². The summed E-state index contributed by atoms with van der Waals surface area (Å²) in [4.78, 5) is 20.8. The highest BCUT2D eigenvalue weighted by Gasteiger charge is 2.59. The number of hydrogen-bond acceptors (Lipinski definition) is 6. The molecule has 2 aliphatic carbocycles. The van der Waals surface area contributed by atoms with Crippen molar-refractivity contribution in [1.82, 2.24) is 9.80 Å². The number of benzene rings is 1. The molecule has 212 valence electrons. The van der Waals surface area contributed by atoms with Gasteiger partial charge in [-0.1, -0.05) is 6.42 Å². The Hall–Kier alpha value is -2.35. The molecule has 7 atom stereocenters. The number of methoxy groups -OCH3 is 1. The summed E-state index contributed by atoms with van der Waals surface area (Å²) in [6.45, 7) is 2.40. The van der Waals surface area contributed by atoms with Gasteiger partial charge in [0.25, 0.3) is 0 Å². The number of carbonyl (C=O) groups excluding carboxylic acids is 1. The molecule has 0 radical (unpaired) electrons. The van der Waals surface area contributed by atoms with Crippen molar-refractivity contribution < 1.29 is 27.4 Å². The van der Waals surface area contributed by atoms with Crippen molar-refractivity contribution in [2.75, 3.05) is 45.4 Å². The molecule has 0 N–H and O–H groups in total. The van der Waals surface area contributed by atoms with Crippen LogP contribution in [-0.4, -0.2) is 86.4 Å². The zero-order chi connectivity index (χ0) is 27.5. The fourth-order valence-corrected chi connectivity index (χ4v) is 8.49. The van der Waals surface area contributed by atoms with Crippen LogP contribution in [0.5, 0.6) is 0 Å². The molecule has 3 heterocycles. The Balaban J connectivity index is 1.17. The molecule has 6 rings (SSSR count). The van der Waals surface area contributed by atoms with Gasteiger partial charge in [-0.2, -0.15) is 18.4 Å². The number of amides is 1. The van der Waals surface area contributed by atoms with Gasteiger partial charge in [0.05, 0.1) is 41.4 Å². The summed E-state index contributed by atoms with van der Waals surface area (Å²) in [5, 5.41) is 9.15. The van der Waals surface area contributed by atoms with Crippen LogP contribution in [0.2, 0.25) is 0 Å². The van der Waals surface area contributed by atoms with E-state index < -0.39 is 11.7 Å². The molecule has 0 unspecified atom stereocenters. The van der Waals surface area contributed by atoms with E-state index in [4.69, 9.17) is 14.7 Å². The maximum absolute atomic E-state index is 14.3. The predicted octanol–water partition coefficient (Wildman–Crippen LogP) is 4.05. The van der Waals surface area contributed by atoms with Gasteiger partial charge < -0.3 is 19.3 Å². The van der Waals surface area contributed by atoms with Crippen molar-refractivity contribution in [3.63, 3.8) is 0 Å². The number of hydrogen-bond donors (Lipinski definition) is 0. The van der Waals surface area contributed by atoms with Crippen LogP contribution in [0.15, 0.2) is 18.2 Å². The number of anilines is 1. The summed E-state index contributed by atoms with van der Waals surface area (Å²) in [6, 6.07) is 6.23. The quantitative estimate of drug-likeness (QED) is 0.555. The topological polar surface area (TPSA) is 69.0 Å². The second kappa shape index (κ2) is 9.93. The number of piperazine rings is 1. The molecule has 1 aromatic carbocycles. The standard InChI is InChI=1S/C29H37F3N4O3/c1-34(25-7-9-39-17-26(25)38-2)21-10-19-4-3-8-28(19,13-21)27(37)36-16-22-11-23(36)15-35(22)20-6-5-18(14-33)24(12-20)29(30,31)32/h5-6,12,19,21-23,25-26H,3-4,7-11,13,15-17H2,1-2H3/t19-,21-,22+,23+,25+,26-,28-/m1/s1. The number of nitrogens with zero attached hydrogens (tertiary/aromatic N) is 4. The summed E-state index contributed by atoms with van der Waals surface area (Å²) in [7, 11) is 3.91. The van der Waals surface area contributed by atoms with E-state index in [-0.39, 0.29) is 41.1 Å². The van der Waals surface area contributed by atoms with Crippen molar-refractivity contribution in [1.29, 1.82) is 5.26 Å². The molecular weight excluding hydrogens is 509 g/mol. The first kappa shape index (κ1) is 26.9. The Bertz CT molecular complexity index is 1160. The van der Waals surface area contributed by atoms with Gasteiger partial charge in [0.2, 0.25) is 5.91 Å². The Labute approximate surface area is 227 Å². The third-order valence-electron chi connectivity index (χ3n) is 10.5. The van der Waals surface area contributed by atoms with Crippen molar-refractivity contribution in [3.05, 3.63) is 29.3 Å². The van der Waals surface area contributed by atoms with E-state index in [0.717, 1.165) is 57.6 Å². The van der Waals surface area contributed by atoms with Crippen molar-refractivity contribution in [2.45, 2.75) is 81.4 Å². The normalized spacial score (nSPS) is 36.0. The second-order valence-corrected chi connectivity index (χ2v) is 12.2. The Kier molecular flexibility index (Phi) is 6.84. The number of carbonyl (C=O) groups is 1. The highest BCUT2D eigenvalue weighted by molar-refractivity contribution is 5.85. The SMILES string of the molecule is CO[C@@H]1COCC[C@@H]1N(C)[C@@H]1C[C@H]2CCC[C@@]2(C(=O)N2C[C@@H]3C[C@H]2CN3c2ccc(C#N)c(C(F)(F)F)c2)C1. The first-order valence-electron chi connectivity index (χ1n) is 14.2. The van der Waals surface area contributed by atoms with Gasteiger partial charge in [0, 0.05) is 50.6 Å². The van der Waals surface area contributed by atoms with Crippen molar-refractivity contribution >= 4 is 11.6 Å². The molecule has 10 heteroatoms. The number of likely N-dealkylation sites (tertiary alicyclic amines) is 1. The Morgan fingerprint density at radius 3 is 2.74 bits per heavy atom. The van der Waals surface area contributed by atoms with Gasteiger partial charge in [-0.25, -0.2) is 0 Å². The highest BCUT2D eigenvalue weighted by atomic mass is 19.4. The summed E-state index contributed by atoms with van der Waals surface area (Å²) < 4.78 is 52.1. The number of halogens is 3. The number of rotatable bonds is 5. The zero-order valence-corrected chi connectivity index (χ0v) is 22.6. The van der Waals surface area contributed by atoms with Crippen LogP contribution < -0.4 is 4.90 Å². The van der Waals surface area contributed by atoms with Gasteiger partial charge in [0.15, 0.2) is 0 Å². The summed E-state index contributed by atoms with van der Waals surface area (Å²) in [6.07, 6.45) is 2.11. The molecule has 39 heavy (non-hydrogen) atoms. The molecule has 2 bridgehead atoms. The maximum Gasteiger partial charge on any atom is 0.417 e. The molecule has 2 saturated carbocycles. The average molecular weight is 547 g/mol. The van der Waals surface area contributed by atoms with E-state index >= 15 is 0 Å². The number of alkyl halides is 3. The molecular formula is C29H37F3N4O3. The summed E-state index contributed by atoms with van der Waals surface area (Å²) >= 11 is 0. The lowest BCUT2D eigenvalue weighted by atomic mass is 9.78. The number of likely N-dealkylation sites (N-methyl/N-ethyl adjacent to an activating group) is 1. The average Bonchev–Trinajstić information content (AvgIpc) is 3.71. The van der Waals surface area contributed by atoms with Crippen LogP contribution in [0.25, 0.3) is 0 Å². The molecule has 0 spiro atoms. The summed E-state index contributed by atoms with van der Waals surface area (Å²) in [5.41, 5.74) is -1.12. The van der Waals surface area contributed by atoms with E-state index in [1.807, 2.05) is 4.90 Å². The van der Waals surface area contributed by atoms with Crippen LogP contribution in [0, 0.1) is 22.7 Å². The zero-order valence-electron chi connectivity index (χ0n) is 22.6. The minimum atomic E-state index is -4.58. The van der Waals surface area contributed by atoms with Crippen LogP contribution in [0.4, 0.5) is 18.9 Å². The molecule has 7 nitrogen and oxygen atoms in total. The molecule has 5 fully saturated rings.